The monoisotopic (exact) mass is 421 g/mol. The predicted molar refractivity (Wildman–Crippen MR) is 125 cm³/mol. The van der Waals surface area contributed by atoms with Crippen molar-refractivity contribution in [2.45, 2.75) is 37.8 Å². The Morgan fingerprint density at radius 3 is 2.32 bits per heavy atom. The van der Waals surface area contributed by atoms with Crippen molar-refractivity contribution >= 4 is 5.91 Å². The normalized spacial score (nSPS) is 20.4. The van der Waals surface area contributed by atoms with Crippen LogP contribution in [0.15, 0.2) is 54.6 Å². The SMILES string of the molecule is CN(C)C1CCN(C(=O)c2ccc(OC3CCN(CCc4ccccc4)CC3)cc2)C1. The maximum absolute atomic E-state index is 12.8. The average Bonchev–Trinajstić information content (AvgIpc) is 3.30. The van der Waals surface area contributed by atoms with Gasteiger partial charge in [-0.15, -0.1) is 0 Å². The van der Waals surface area contributed by atoms with Gasteiger partial charge in [-0.1, -0.05) is 30.3 Å². The summed E-state index contributed by atoms with van der Waals surface area (Å²) in [5, 5.41) is 0. The Morgan fingerprint density at radius 1 is 0.968 bits per heavy atom. The van der Waals surface area contributed by atoms with Crippen molar-refractivity contribution in [2.75, 3.05) is 46.8 Å². The van der Waals surface area contributed by atoms with Crippen LogP contribution in [0.5, 0.6) is 5.75 Å². The maximum Gasteiger partial charge on any atom is 0.253 e. The fraction of sp³-hybridized carbons (Fsp3) is 0.500. The fourth-order valence-electron chi connectivity index (χ4n) is 4.58. The Kier molecular flexibility index (Phi) is 7.25. The minimum absolute atomic E-state index is 0.127. The molecule has 1 atom stereocenters. The topological polar surface area (TPSA) is 36.0 Å². The lowest BCUT2D eigenvalue weighted by Gasteiger charge is -2.32. The Bertz CT molecular complexity index is 829. The first-order valence-corrected chi connectivity index (χ1v) is 11.6. The van der Waals surface area contributed by atoms with E-state index >= 15 is 0 Å². The highest BCUT2D eigenvalue weighted by Crippen LogP contribution is 2.22. The van der Waals surface area contributed by atoms with Gasteiger partial charge >= 0.3 is 0 Å². The molecular weight excluding hydrogens is 386 g/mol. The number of likely N-dealkylation sites (N-methyl/N-ethyl adjacent to an activating group) is 1. The lowest BCUT2D eigenvalue weighted by atomic mass is 10.1. The molecule has 2 aromatic rings. The van der Waals surface area contributed by atoms with E-state index in [-0.39, 0.29) is 12.0 Å². The van der Waals surface area contributed by atoms with Crippen LogP contribution in [0, 0.1) is 0 Å². The zero-order valence-corrected chi connectivity index (χ0v) is 18.9. The lowest BCUT2D eigenvalue weighted by Crippen LogP contribution is -2.39. The molecule has 0 spiro atoms. The molecule has 0 N–H and O–H groups in total. The Morgan fingerprint density at radius 2 is 1.68 bits per heavy atom. The van der Waals surface area contributed by atoms with Crippen molar-refractivity contribution in [2.24, 2.45) is 0 Å². The van der Waals surface area contributed by atoms with Crippen LogP contribution in [0.2, 0.25) is 0 Å². The van der Waals surface area contributed by atoms with Crippen LogP contribution in [0.25, 0.3) is 0 Å². The van der Waals surface area contributed by atoms with Crippen LogP contribution >= 0.6 is 0 Å². The lowest BCUT2D eigenvalue weighted by molar-refractivity contribution is 0.0783. The van der Waals surface area contributed by atoms with Gasteiger partial charge in [0.05, 0.1) is 0 Å². The second-order valence-corrected chi connectivity index (χ2v) is 9.08. The summed E-state index contributed by atoms with van der Waals surface area (Å²) in [5.41, 5.74) is 2.16. The van der Waals surface area contributed by atoms with Crippen molar-refractivity contribution in [3.8, 4) is 5.75 Å². The molecule has 0 aliphatic carbocycles. The molecule has 0 saturated carbocycles. The third kappa shape index (κ3) is 5.86. The van der Waals surface area contributed by atoms with Gasteiger partial charge in [0.2, 0.25) is 0 Å². The van der Waals surface area contributed by atoms with Crippen LogP contribution in [0.3, 0.4) is 0 Å². The molecule has 0 aromatic heterocycles. The van der Waals surface area contributed by atoms with Crippen LogP contribution in [-0.2, 0) is 6.42 Å². The van der Waals surface area contributed by atoms with Gasteiger partial charge in [-0.2, -0.15) is 0 Å². The highest BCUT2D eigenvalue weighted by molar-refractivity contribution is 5.94. The summed E-state index contributed by atoms with van der Waals surface area (Å²) in [4.78, 5) is 19.5. The summed E-state index contributed by atoms with van der Waals surface area (Å²) < 4.78 is 6.22. The van der Waals surface area contributed by atoms with Gasteiger partial charge in [-0.25, -0.2) is 0 Å². The number of ether oxygens (including phenoxy) is 1. The van der Waals surface area contributed by atoms with E-state index in [0.29, 0.717) is 6.04 Å². The molecule has 2 saturated heterocycles. The first-order chi connectivity index (χ1) is 15.1. The fourth-order valence-corrected chi connectivity index (χ4v) is 4.58. The van der Waals surface area contributed by atoms with Crippen molar-refractivity contribution in [1.82, 2.24) is 14.7 Å². The number of nitrogens with zero attached hydrogens (tertiary/aromatic N) is 3. The van der Waals surface area contributed by atoms with Gasteiger partial charge in [0, 0.05) is 44.3 Å². The maximum atomic E-state index is 12.8. The van der Waals surface area contributed by atoms with Gasteiger partial charge in [-0.05, 0) is 69.6 Å². The van der Waals surface area contributed by atoms with Crippen LogP contribution in [0.4, 0.5) is 0 Å². The van der Waals surface area contributed by atoms with Crippen molar-refractivity contribution in [1.29, 1.82) is 0 Å². The van der Waals surface area contributed by atoms with Gasteiger partial charge in [0.25, 0.3) is 5.91 Å². The zero-order chi connectivity index (χ0) is 21.6. The van der Waals surface area contributed by atoms with Crippen LogP contribution in [0.1, 0.15) is 35.2 Å². The molecule has 0 bridgehead atoms. The first-order valence-electron chi connectivity index (χ1n) is 11.6. The molecule has 2 aliphatic heterocycles. The Labute approximate surface area is 186 Å². The van der Waals surface area contributed by atoms with Gasteiger partial charge < -0.3 is 19.4 Å². The highest BCUT2D eigenvalue weighted by Gasteiger charge is 2.28. The van der Waals surface area contributed by atoms with E-state index in [1.165, 1.54) is 5.56 Å². The van der Waals surface area contributed by atoms with E-state index < -0.39 is 0 Å². The number of carbonyl (C=O) groups is 1. The molecule has 5 heteroatoms. The van der Waals surface area contributed by atoms with Crippen LogP contribution in [-0.4, -0.2) is 79.6 Å². The molecule has 2 fully saturated rings. The number of benzene rings is 2. The third-order valence-electron chi connectivity index (χ3n) is 6.68. The Balaban J connectivity index is 1.21. The van der Waals surface area contributed by atoms with Gasteiger partial charge in [-0.3, -0.25) is 4.79 Å². The molecule has 2 heterocycles. The van der Waals surface area contributed by atoms with Crippen molar-refractivity contribution < 1.29 is 9.53 Å². The number of piperidine rings is 1. The summed E-state index contributed by atoms with van der Waals surface area (Å²) in [6, 6.07) is 18.9. The number of carbonyl (C=O) groups excluding carboxylic acids is 1. The average molecular weight is 422 g/mol. The molecule has 2 aromatic carbocycles. The number of rotatable bonds is 7. The summed E-state index contributed by atoms with van der Waals surface area (Å²) >= 11 is 0. The van der Waals surface area contributed by atoms with Crippen LogP contribution < -0.4 is 4.74 Å². The number of hydrogen-bond acceptors (Lipinski definition) is 4. The van der Waals surface area contributed by atoms with Crippen molar-refractivity contribution in [3.63, 3.8) is 0 Å². The Hall–Kier alpha value is -2.37. The number of hydrogen-bond donors (Lipinski definition) is 0. The first kappa shape index (κ1) is 21.8. The van der Waals surface area contributed by atoms with E-state index in [1.54, 1.807) is 0 Å². The second-order valence-electron chi connectivity index (χ2n) is 9.08. The van der Waals surface area contributed by atoms with Gasteiger partial charge in [0.1, 0.15) is 11.9 Å². The summed E-state index contributed by atoms with van der Waals surface area (Å²) in [5.74, 6) is 0.995. The summed E-state index contributed by atoms with van der Waals surface area (Å²) in [6.45, 7) is 4.92. The molecular formula is C26H35N3O2. The largest absolute Gasteiger partial charge is 0.490 e. The molecule has 31 heavy (non-hydrogen) atoms. The van der Waals surface area contributed by atoms with E-state index in [1.807, 2.05) is 29.2 Å². The van der Waals surface area contributed by atoms with E-state index in [4.69, 9.17) is 4.74 Å². The highest BCUT2D eigenvalue weighted by atomic mass is 16.5. The molecule has 1 amide bonds. The third-order valence-corrected chi connectivity index (χ3v) is 6.68. The minimum atomic E-state index is 0.127. The molecule has 2 aliphatic rings. The molecule has 0 radical (unpaired) electrons. The molecule has 5 nitrogen and oxygen atoms in total. The summed E-state index contributed by atoms with van der Waals surface area (Å²) in [6.07, 6.45) is 4.51. The van der Waals surface area contributed by atoms with E-state index in [9.17, 15) is 4.79 Å². The zero-order valence-electron chi connectivity index (χ0n) is 18.9. The second kappa shape index (κ2) is 10.3. The quantitative estimate of drug-likeness (QED) is 0.685. The summed E-state index contributed by atoms with van der Waals surface area (Å²) in [7, 11) is 4.16. The number of likely N-dealkylation sites (tertiary alicyclic amines) is 2. The standard InChI is InChI=1S/C26H35N3O2/c1-27(2)23-13-19-29(20-23)26(30)22-8-10-24(11-9-22)31-25-14-17-28(18-15-25)16-12-21-6-4-3-5-7-21/h3-11,23,25H,12-20H2,1-2H3. The molecule has 166 valence electrons. The minimum Gasteiger partial charge on any atom is -0.490 e. The molecule has 4 rings (SSSR count). The van der Waals surface area contributed by atoms with E-state index in [2.05, 4.69) is 54.2 Å². The smallest absolute Gasteiger partial charge is 0.253 e. The predicted octanol–water partition coefficient (Wildman–Crippen LogP) is 3.55. The van der Waals surface area contributed by atoms with Crippen molar-refractivity contribution in [3.05, 3.63) is 65.7 Å². The molecule has 1 unspecified atom stereocenters. The van der Waals surface area contributed by atoms with Gasteiger partial charge in [0.15, 0.2) is 0 Å². The number of amides is 1. The van der Waals surface area contributed by atoms with E-state index in [0.717, 1.165) is 69.7 Å².